The van der Waals surface area contributed by atoms with Crippen LogP contribution in [0.15, 0.2) is 18.2 Å². The molecule has 2 N–H and O–H groups in total. The van der Waals surface area contributed by atoms with Crippen molar-refractivity contribution in [3.05, 3.63) is 28.8 Å². The third-order valence-electron chi connectivity index (χ3n) is 3.47. The largest absolute Gasteiger partial charge is 0.389 e. The summed E-state index contributed by atoms with van der Waals surface area (Å²) >= 11 is 11.3. The Morgan fingerprint density at radius 1 is 1.58 bits per heavy atom. The van der Waals surface area contributed by atoms with Gasteiger partial charge in [0.25, 0.3) is 0 Å². The lowest BCUT2D eigenvalue weighted by atomic mass is 10.1. The molecule has 2 rings (SSSR count). The number of halogens is 1. The Balaban J connectivity index is 2.42. The average molecular weight is 299 g/mol. The summed E-state index contributed by atoms with van der Waals surface area (Å²) in [6.07, 6.45) is 1.21. The number of anilines is 1. The highest BCUT2D eigenvalue weighted by atomic mass is 35.5. The van der Waals surface area contributed by atoms with Crippen molar-refractivity contribution in [2.24, 2.45) is 5.73 Å². The lowest BCUT2D eigenvalue weighted by Gasteiger charge is -2.40. The zero-order chi connectivity index (χ0) is 14.0. The van der Waals surface area contributed by atoms with Crippen LogP contribution in [0.3, 0.4) is 0 Å². The minimum absolute atomic E-state index is 0.195. The molecule has 0 bridgehead atoms. The molecule has 0 aromatic heterocycles. The highest BCUT2D eigenvalue weighted by Crippen LogP contribution is 2.29. The monoisotopic (exact) mass is 298 g/mol. The molecular weight excluding hydrogens is 280 g/mol. The van der Waals surface area contributed by atoms with Crippen molar-refractivity contribution >= 4 is 34.5 Å². The average Bonchev–Trinajstić information content (AvgIpc) is 2.38. The summed E-state index contributed by atoms with van der Waals surface area (Å²) in [7, 11) is 0. The summed E-state index contributed by atoms with van der Waals surface area (Å²) in [5.74, 6) is 0. The fourth-order valence-electron chi connectivity index (χ4n) is 2.43. The van der Waals surface area contributed by atoms with Gasteiger partial charge in [0.1, 0.15) is 4.99 Å². The predicted octanol–water partition coefficient (Wildman–Crippen LogP) is 2.98. The summed E-state index contributed by atoms with van der Waals surface area (Å²) in [6.45, 7) is 5.78. The Morgan fingerprint density at radius 3 is 2.95 bits per heavy atom. The number of nitrogens with zero attached hydrogens (tertiary/aromatic N) is 1. The van der Waals surface area contributed by atoms with E-state index in [1.54, 1.807) is 0 Å². The van der Waals surface area contributed by atoms with Crippen LogP contribution in [0.2, 0.25) is 5.02 Å². The van der Waals surface area contributed by atoms with Crippen LogP contribution in [0, 0.1) is 0 Å². The van der Waals surface area contributed by atoms with Gasteiger partial charge in [-0.1, -0.05) is 30.7 Å². The third-order valence-corrected chi connectivity index (χ3v) is 3.93. The number of rotatable bonds is 3. The lowest BCUT2D eigenvalue weighted by molar-refractivity contribution is 0.0299. The van der Waals surface area contributed by atoms with Gasteiger partial charge >= 0.3 is 0 Å². The fourth-order valence-corrected chi connectivity index (χ4v) is 2.77. The molecule has 104 valence electrons. The van der Waals surface area contributed by atoms with E-state index in [1.165, 1.54) is 0 Å². The number of ether oxygens (including phenoxy) is 1. The minimum Gasteiger partial charge on any atom is -0.389 e. The van der Waals surface area contributed by atoms with Crippen LogP contribution in [-0.2, 0) is 4.74 Å². The number of thiocarbonyl (C=S) groups is 1. The Bertz CT molecular complexity index is 481. The Kier molecular flexibility index (Phi) is 4.66. The van der Waals surface area contributed by atoms with Crippen LogP contribution < -0.4 is 10.6 Å². The van der Waals surface area contributed by atoms with Crippen molar-refractivity contribution in [1.29, 1.82) is 0 Å². The van der Waals surface area contributed by atoms with Gasteiger partial charge in [-0.25, -0.2) is 0 Å². The van der Waals surface area contributed by atoms with E-state index in [0.29, 0.717) is 16.1 Å². The summed E-state index contributed by atoms with van der Waals surface area (Å²) in [5, 5.41) is 0.698. The van der Waals surface area contributed by atoms with Crippen LogP contribution in [0.25, 0.3) is 0 Å². The van der Waals surface area contributed by atoms with Gasteiger partial charge in [0, 0.05) is 22.8 Å². The van der Waals surface area contributed by atoms with E-state index in [9.17, 15) is 0 Å². The van der Waals surface area contributed by atoms with E-state index in [1.807, 2.05) is 18.2 Å². The number of hydrogen-bond acceptors (Lipinski definition) is 3. The highest BCUT2D eigenvalue weighted by molar-refractivity contribution is 7.80. The molecule has 0 amide bonds. The van der Waals surface area contributed by atoms with Gasteiger partial charge in [-0.05, 0) is 31.5 Å². The zero-order valence-electron chi connectivity index (χ0n) is 11.2. The molecule has 1 aliphatic heterocycles. The van der Waals surface area contributed by atoms with Crippen molar-refractivity contribution in [3.63, 3.8) is 0 Å². The molecular formula is C14H19ClN2OS. The third kappa shape index (κ3) is 3.19. The number of hydrogen-bond donors (Lipinski definition) is 1. The van der Waals surface area contributed by atoms with Crippen molar-refractivity contribution in [3.8, 4) is 0 Å². The summed E-state index contributed by atoms with van der Waals surface area (Å²) in [5.41, 5.74) is 7.72. The van der Waals surface area contributed by atoms with Crippen LogP contribution in [0.4, 0.5) is 5.69 Å². The van der Waals surface area contributed by atoms with Crippen LogP contribution in [0.1, 0.15) is 25.8 Å². The van der Waals surface area contributed by atoms with Gasteiger partial charge in [0.15, 0.2) is 0 Å². The van der Waals surface area contributed by atoms with Crippen molar-refractivity contribution < 1.29 is 4.74 Å². The quantitative estimate of drug-likeness (QED) is 0.871. The van der Waals surface area contributed by atoms with Gasteiger partial charge < -0.3 is 15.4 Å². The van der Waals surface area contributed by atoms with Crippen molar-refractivity contribution in [2.75, 3.05) is 18.1 Å². The van der Waals surface area contributed by atoms with E-state index in [2.05, 4.69) is 18.7 Å². The summed E-state index contributed by atoms with van der Waals surface area (Å²) in [6, 6.07) is 6.00. The van der Waals surface area contributed by atoms with Crippen LogP contribution in [-0.4, -0.2) is 30.3 Å². The Morgan fingerprint density at radius 2 is 2.32 bits per heavy atom. The second kappa shape index (κ2) is 6.07. The molecule has 1 saturated heterocycles. The molecule has 2 unspecified atom stereocenters. The van der Waals surface area contributed by atoms with Gasteiger partial charge in [-0.15, -0.1) is 0 Å². The molecule has 1 aromatic rings. The lowest BCUT2D eigenvalue weighted by Crippen LogP contribution is -2.49. The van der Waals surface area contributed by atoms with Crippen LogP contribution in [0.5, 0.6) is 0 Å². The minimum atomic E-state index is 0.195. The zero-order valence-corrected chi connectivity index (χ0v) is 12.8. The molecule has 1 heterocycles. The predicted molar refractivity (Wildman–Crippen MR) is 84.2 cm³/mol. The van der Waals surface area contributed by atoms with E-state index >= 15 is 0 Å². The topological polar surface area (TPSA) is 38.5 Å². The van der Waals surface area contributed by atoms with Crippen molar-refractivity contribution in [1.82, 2.24) is 0 Å². The molecule has 2 atom stereocenters. The molecule has 0 aliphatic carbocycles. The second-order valence-corrected chi connectivity index (χ2v) is 5.76. The molecule has 1 fully saturated rings. The van der Waals surface area contributed by atoms with Gasteiger partial charge in [-0.2, -0.15) is 0 Å². The summed E-state index contributed by atoms with van der Waals surface area (Å²) < 4.78 is 5.72. The Labute approximate surface area is 124 Å². The molecule has 0 radical (unpaired) electrons. The SMILES string of the molecule is CCC1COC(C)CN1c1cc(Cl)ccc1C(N)=S. The first kappa shape index (κ1) is 14.6. The normalized spacial score (nSPS) is 23.4. The number of nitrogens with two attached hydrogens (primary N) is 1. The molecule has 0 spiro atoms. The molecule has 1 aromatic carbocycles. The van der Waals surface area contributed by atoms with Gasteiger partial charge in [0.2, 0.25) is 0 Å². The maximum absolute atomic E-state index is 6.13. The van der Waals surface area contributed by atoms with Gasteiger partial charge in [-0.3, -0.25) is 0 Å². The second-order valence-electron chi connectivity index (χ2n) is 4.88. The highest BCUT2D eigenvalue weighted by Gasteiger charge is 2.27. The van der Waals surface area contributed by atoms with E-state index in [-0.39, 0.29) is 6.10 Å². The number of benzene rings is 1. The van der Waals surface area contributed by atoms with E-state index in [0.717, 1.165) is 30.8 Å². The molecule has 19 heavy (non-hydrogen) atoms. The van der Waals surface area contributed by atoms with E-state index in [4.69, 9.17) is 34.3 Å². The first-order valence-corrected chi connectivity index (χ1v) is 7.29. The van der Waals surface area contributed by atoms with Crippen LogP contribution >= 0.6 is 23.8 Å². The molecule has 5 heteroatoms. The fraction of sp³-hybridized carbons (Fsp3) is 0.500. The molecule has 0 saturated carbocycles. The first-order chi connectivity index (χ1) is 9.02. The molecule has 3 nitrogen and oxygen atoms in total. The maximum atomic E-state index is 6.13. The maximum Gasteiger partial charge on any atom is 0.106 e. The van der Waals surface area contributed by atoms with E-state index < -0.39 is 0 Å². The van der Waals surface area contributed by atoms with Gasteiger partial charge in [0.05, 0.1) is 18.8 Å². The summed E-state index contributed by atoms with van der Waals surface area (Å²) in [4.78, 5) is 2.72. The standard InChI is InChI=1S/C14H19ClN2OS/c1-3-11-8-18-9(2)7-17(11)13-6-10(15)4-5-12(13)14(16)19/h4-6,9,11H,3,7-8H2,1-2H3,(H2,16,19). The molecule has 1 aliphatic rings. The number of morpholine rings is 1. The smallest absolute Gasteiger partial charge is 0.106 e. The first-order valence-electron chi connectivity index (χ1n) is 6.50. The Hall–Kier alpha value is -0.840. The van der Waals surface area contributed by atoms with Crippen molar-refractivity contribution in [2.45, 2.75) is 32.4 Å².